The Morgan fingerprint density at radius 3 is 2.07 bits per heavy atom. The molecule has 1 fully saturated rings. The lowest BCUT2D eigenvalue weighted by Gasteiger charge is -2.31. The lowest BCUT2D eigenvalue weighted by Crippen LogP contribution is -2.59. The summed E-state index contributed by atoms with van der Waals surface area (Å²) in [5.41, 5.74) is 2.41. The van der Waals surface area contributed by atoms with Crippen molar-refractivity contribution in [2.24, 2.45) is 11.7 Å². The van der Waals surface area contributed by atoms with Crippen molar-refractivity contribution in [3.05, 3.63) is 0 Å². The summed E-state index contributed by atoms with van der Waals surface area (Å²) < 4.78 is 37.5. The van der Waals surface area contributed by atoms with Gasteiger partial charge in [0.15, 0.2) is 11.3 Å². The molecule has 15 heavy (non-hydrogen) atoms. The minimum atomic E-state index is -4.65. The molecule has 0 aromatic rings. The standard InChI is InChI=1S/C10H16F3NO/c1-9(14,10(11,12)13)8(15)7-5-3-2-4-6-7/h7H,2-6,14H2,1H3. The Bertz CT molecular complexity index is 242. The van der Waals surface area contributed by atoms with Gasteiger partial charge in [0.1, 0.15) is 0 Å². The molecule has 0 aliphatic heterocycles. The number of carbonyl (C=O) groups excluding carboxylic acids is 1. The van der Waals surface area contributed by atoms with E-state index in [-0.39, 0.29) is 0 Å². The Kier molecular flexibility index (Phi) is 3.43. The number of Topliss-reactive ketones (excluding diaryl/α,β-unsaturated/α-hetero) is 1. The predicted octanol–water partition coefficient (Wildman–Crippen LogP) is 2.42. The van der Waals surface area contributed by atoms with Gasteiger partial charge in [-0.05, 0) is 19.8 Å². The van der Waals surface area contributed by atoms with Gasteiger partial charge in [-0.3, -0.25) is 4.79 Å². The third-order valence-corrected chi connectivity index (χ3v) is 3.08. The van der Waals surface area contributed by atoms with Gasteiger partial charge in [-0.1, -0.05) is 19.3 Å². The van der Waals surface area contributed by atoms with Crippen molar-refractivity contribution in [2.45, 2.75) is 50.7 Å². The first kappa shape index (κ1) is 12.5. The molecule has 1 aliphatic rings. The summed E-state index contributed by atoms with van der Waals surface area (Å²) in [4.78, 5) is 11.6. The van der Waals surface area contributed by atoms with Crippen molar-refractivity contribution >= 4 is 5.78 Å². The van der Waals surface area contributed by atoms with Gasteiger partial charge in [-0.15, -0.1) is 0 Å². The van der Waals surface area contributed by atoms with E-state index in [9.17, 15) is 18.0 Å². The van der Waals surface area contributed by atoms with Gasteiger partial charge in [-0.2, -0.15) is 13.2 Å². The normalized spacial score (nSPS) is 23.5. The van der Waals surface area contributed by atoms with Crippen LogP contribution in [-0.2, 0) is 4.79 Å². The van der Waals surface area contributed by atoms with E-state index < -0.39 is 23.4 Å². The zero-order chi connectivity index (χ0) is 11.7. The fraction of sp³-hybridized carbons (Fsp3) is 0.900. The van der Waals surface area contributed by atoms with E-state index in [1.807, 2.05) is 0 Å². The summed E-state index contributed by atoms with van der Waals surface area (Å²) in [6.07, 6.45) is -0.920. The van der Waals surface area contributed by atoms with Crippen LogP contribution in [0.2, 0.25) is 0 Å². The summed E-state index contributed by atoms with van der Waals surface area (Å²) in [5, 5.41) is 0. The van der Waals surface area contributed by atoms with E-state index in [4.69, 9.17) is 5.73 Å². The highest BCUT2D eigenvalue weighted by Gasteiger charge is 2.54. The molecule has 5 heteroatoms. The second kappa shape index (κ2) is 4.12. The maximum atomic E-state index is 12.5. The maximum Gasteiger partial charge on any atom is 0.413 e. The van der Waals surface area contributed by atoms with Crippen molar-refractivity contribution < 1.29 is 18.0 Å². The van der Waals surface area contributed by atoms with Crippen LogP contribution in [0.15, 0.2) is 0 Å². The summed E-state index contributed by atoms with van der Waals surface area (Å²) in [6, 6.07) is 0. The third kappa shape index (κ3) is 2.51. The van der Waals surface area contributed by atoms with Crippen molar-refractivity contribution in [3.63, 3.8) is 0 Å². The monoisotopic (exact) mass is 223 g/mol. The highest BCUT2D eigenvalue weighted by Crippen LogP contribution is 2.34. The fourth-order valence-electron chi connectivity index (χ4n) is 1.93. The van der Waals surface area contributed by atoms with Crippen molar-refractivity contribution in [3.8, 4) is 0 Å². The molecule has 1 saturated carbocycles. The van der Waals surface area contributed by atoms with E-state index in [0.717, 1.165) is 26.2 Å². The molecule has 0 heterocycles. The van der Waals surface area contributed by atoms with Crippen LogP contribution < -0.4 is 5.73 Å². The van der Waals surface area contributed by atoms with Crippen LogP contribution in [0.3, 0.4) is 0 Å². The first-order chi connectivity index (χ1) is 6.77. The second-order valence-electron chi connectivity index (χ2n) is 4.40. The van der Waals surface area contributed by atoms with Crippen LogP contribution >= 0.6 is 0 Å². The number of ketones is 1. The van der Waals surface area contributed by atoms with E-state index in [1.54, 1.807) is 0 Å². The molecule has 0 amide bonds. The molecule has 1 aliphatic carbocycles. The van der Waals surface area contributed by atoms with Crippen LogP contribution in [0.1, 0.15) is 39.0 Å². The largest absolute Gasteiger partial charge is 0.413 e. The first-order valence-corrected chi connectivity index (χ1v) is 5.16. The number of hydrogen-bond acceptors (Lipinski definition) is 2. The van der Waals surface area contributed by atoms with Crippen LogP contribution in [0.5, 0.6) is 0 Å². The van der Waals surface area contributed by atoms with Crippen LogP contribution in [-0.4, -0.2) is 17.5 Å². The first-order valence-electron chi connectivity index (χ1n) is 5.16. The average Bonchev–Trinajstić information content (AvgIpc) is 2.16. The van der Waals surface area contributed by atoms with Crippen molar-refractivity contribution in [1.29, 1.82) is 0 Å². The molecule has 1 rings (SSSR count). The lowest BCUT2D eigenvalue weighted by molar-refractivity contribution is -0.188. The van der Waals surface area contributed by atoms with Gasteiger partial charge in [0.05, 0.1) is 0 Å². The van der Waals surface area contributed by atoms with Gasteiger partial charge < -0.3 is 5.73 Å². The molecule has 0 radical (unpaired) electrons. The van der Waals surface area contributed by atoms with E-state index >= 15 is 0 Å². The third-order valence-electron chi connectivity index (χ3n) is 3.08. The average molecular weight is 223 g/mol. The Balaban J connectivity index is 2.74. The number of carbonyl (C=O) groups is 1. The molecule has 0 aromatic carbocycles. The van der Waals surface area contributed by atoms with Gasteiger partial charge >= 0.3 is 6.18 Å². The lowest BCUT2D eigenvalue weighted by atomic mass is 9.79. The van der Waals surface area contributed by atoms with Gasteiger partial charge in [-0.25, -0.2) is 0 Å². The molecule has 1 unspecified atom stereocenters. The Labute approximate surface area is 87.0 Å². The molecule has 0 saturated heterocycles. The minimum absolute atomic E-state index is 0.504. The van der Waals surface area contributed by atoms with Crippen LogP contribution in [0.4, 0.5) is 13.2 Å². The van der Waals surface area contributed by atoms with E-state index in [1.165, 1.54) is 0 Å². The van der Waals surface area contributed by atoms with E-state index in [2.05, 4.69) is 0 Å². The minimum Gasteiger partial charge on any atom is -0.312 e. The number of rotatable bonds is 2. The molecule has 0 aromatic heterocycles. The summed E-state index contributed by atoms with van der Waals surface area (Å²) in [5.74, 6) is -1.36. The summed E-state index contributed by atoms with van der Waals surface area (Å²) in [7, 11) is 0. The van der Waals surface area contributed by atoms with Gasteiger partial charge in [0.25, 0.3) is 0 Å². The topological polar surface area (TPSA) is 43.1 Å². The maximum absolute atomic E-state index is 12.5. The van der Waals surface area contributed by atoms with Gasteiger partial charge in [0, 0.05) is 5.92 Å². The molecule has 2 nitrogen and oxygen atoms in total. The number of hydrogen-bond donors (Lipinski definition) is 1. The number of halogens is 3. The molecular weight excluding hydrogens is 207 g/mol. The molecule has 1 atom stereocenters. The Morgan fingerprint density at radius 1 is 1.20 bits per heavy atom. The van der Waals surface area contributed by atoms with Crippen molar-refractivity contribution in [1.82, 2.24) is 0 Å². The number of alkyl halides is 3. The molecule has 88 valence electrons. The molecule has 0 spiro atoms. The van der Waals surface area contributed by atoms with E-state index in [0.29, 0.717) is 12.8 Å². The zero-order valence-corrected chi connectivity index (χ0v) is 8.73. The summed E-state index contributed by atoms with van der Waals surface area (Å²) in [6.45, 7) is 0.768. The Morgan fingerprint density at radius 2 is 1.67 bits per heavy atom. The number of nitrogens with two attached hydrogens (primary N) is 1. The highest BCUT2D eigenvalue weighted by molar-refractivity contribution is 5.90. The second-order valence-corrected chi connectivity index (χ2v) is 4.40. The van der Waals surface area contributed by atoms with Gasteiger partial charge in [0.2, 0.25) is 0 Å². The fourth-order valence-corrected chi connectivity index (χ4v) is 1.93. The highest BCUT2D eigenvalue weighted by atomic mass is 19.4. The van der Waals surface area contributed by atoms with Crippen LogP contribution in [0, 0.1) is 5.92 Å². The quantitative estimate of drug-likeness (QED) is 0.781. The van der Waals surface area contributed by atoms with Crippen molar-refractivity contribution in [2.75, 3.05) is 0 Å². The Hall–Kier alpha value is -0.580. The molecule has 2 N–H and O–H groups in total. The smallest absolute Gasteiger partial charge is 0.312 e. The zero-order valence-electron chi connectivity index (χ0n) is 8.73. The predicted molar refractivity (Wildman–Crippen MR) is 50.2 cm³/mol. The molecule has 0 bridgehead atoms. The molecular formula is C10H16F3NO. The SMILES string of the molecule is CC(N)(C(=O)C1CCCCC1)C(F)(F)F. The van der Waals surface area contributed by atoms with Crippen LogP contribution in [0.25, 0.3) is 0 Å². The summed E-state index contributed by atoms with van der Waals surface area (Å²) >= 11 is 0.